The molecule has 0 aliphatic rings. The molecule has 0 spiro atoms. The molecule has 0 bridgehead atoms. The SMILES string of the molecule is Nc1cc(Cl)ccc1S(=O)(=O)Cc1c(F)cccc1Cl. The van der Waals surface area contributed by atoms with Crippen molar-refractivity contribution in [1.29, 1.82) is 0 Å². The Morgan fingerprint density at radius 1 is 1.15 bits per heavy atom. The van der Waals surface area contributed by atoms with Crippen LogP contribution in [-0.4, -0.2) is 8.42 Å². The summed E-state index contributed by atoms with van der Waals surface area (Å²) in [7, 11) is -3.81. The first kappa shape index (κ1) is 15.1. The van der Waals surface area contributed by atoms with E-state index in [1.807, 2.05) is 0 Å². The van der Waals surface area contributed by atoms with Gasteiger partial charge in [-0.1, -0.05) is 29.3 Å². The molecule has 0 fully saturated rings. The van der Waals surface area contributed by atoms with Crippen molar-refractivity contribution in [2.75, 3.05) is 5.73 Å². The number of rotatable bonds is 3. The van der Waals surface area contributed by atoms with Gasteiger partial charge in [0.2, 0.25) is 0 Å². The van der Waals surface area contributed by atoms with E-state index in [9.17, 15) is 12.8 Å². The Morgan fingerprint density at radius 2 is 1.85 bits per heavy atom. The van der Waals surface area contributed by atoms with Crippen molar-refractivity contribution < 1.29 is 12.8 Å². The van der Waals surface area contributed by atoms with Crippen LogP contribution in [0.2, 0.25) is 10.0 Å². The predicted molar refractivity (Wildman–Crippen MR) is 78.2 cm³/mol. The highest BCUT2D eigenvalue weighted by atomic mass is 35.5. The first-order chi connectivity index (χ1) is 9.31. The van der Waals surface area contributed by atoms with Gasteiger partial charge in [0.1, 0.15) is 5.82 Å². The second-order valence-electron chi connectivity index (χ2n) is 4.14. The Bertz CT molecular complexity index is 743. The van der Waals surface area contributed by atoms with Crippen molar-refractivity contribution in [1.82, 2.24) is 0 Å². The van der Waals surface area contributed by atoms with Crippen molar-refractivity contribution in [3.63, 3.8) is 0 Å². The third-order valence-electron chi connectivity index (χ3n) is 2.70. The second kappa shape index (κ2) is 5.60. The van der Waals surface area contributed by atoms with E-state index in [1.165, 1.54) is 30.3 Å². The van der Waals surface area contributed by atoms with Gasteiger partial charge in [0, 0.05) is 15.6 Å². The second-order valence-corrected chi connectivity index (χ2v) is 6.94. The van der Waals surface area contributed by atoms with E-state index in [0.29, 0.717) is 5.02 Å². The third-order valence-corrected chi connectivity index (χ3v) is 5.00. The predicted octanol–water partition coefficient (Wildman–Crippen LogP) is 3.69. The fraction of sp³-hybridized carbons (Fsp3) is 0.0769. The average molecular weight is 334 g/mol. The van der Waals surface area contributed by atoms with Crippen LogP contribution in [0.3, 0.4) is 0 Å². The fourth-order valence-corrected chi connectivity index (χ4v) is 3.75. The van der Waals surface area contributed by atoms with E-state index in [2.05, 4.69) is 0 Å². The smallest absolute Gasteiger partial charge is 0.184 e. The fourth-order valence-electron chi connectivity index (χ4n) is 1.74. The van der Waals surface area contributed by atoms with Gasteiger partial charge in [-0.25, -0.2) is 12.8 Å². The van der Waals surface area contributed by atoms with E-state index >= 15 is 0 Å². The van der Waals surface area contributed by atoms with Crippen LogP contribution in [0.25, 0.3) is 0 Å². The zero-order valence-corrected chi connectivity index (χ0v) is 12.4. The molecular formula is C13H10Cl2FNO2S. The molecule has 2 rings (SSSR count). The zero-order valence-electron chi connectivity index (χ0n) is 10.1. The van der Waals surface area contributed by atoms with Crippen molar-refractivity contribution in [3.8, 4) is 0 Å². The zero-order chi connectivity index (χ0) is 14.9. The number of sulfone groups is 1. The van der Waals surface area contributed by atoms with E-state index in [1.54, 1.807) is 0 Å². The first-order valence-electron chi connectivity index (χ1n) is 5.52. The Morgan fingerprint density at radius 3 is 2.45 bits per heavy atom. The van der Waals surface area contributed by atoms with Gasteiger partial charge in [0.05, 0.1) is 16.3 Å². The largest absolute Gasteiger partial charge is 0.398 e. The van der Waals surface area contributed by atoms with Gasteiger partial charge in [-0.2, -0.15) is 0 Å². The standard InChI is InChI=1S/C13H10Cl2FNO2S/c14-8-4-5-13(12(17)6-8)20(18,19)7-9-10(15)2-1-3-11(9)16/h1-6H,7,17H2. The number of nitrogens with two attached hydrogens (primary N) is 1. The van der Waals surface area contributed by atoms with E-state index in [0.717, 1.165) is 6.07 Å². The number of benzene rings is 2. The van der Waals surface area contributed by atoms with Crippen molar-refractivity contribution in [3.05, 3.63) is 57.8 Å². The highest BCUT2D eigenvalue weighted by Crippen LogP contribution is 2.28. The molecule has 3 nitrogen and oxygen atoms in total. The molecule has 2 aromatic carbocycles. The Hall–Kier alpha value is -1.30. The molecule has 0 saturated carbocycles. The molecule has 0 radical (unpaired) electrons. The summed E-state index contributed by atoms with van der Waals surface area (Å²) in [5.41, 5.74) is 5.59. The maximum Gasteiger partial charge on any atom is 0.184 e. The van der Waals surface area contributed by atoms with Crippen molar-refractivity contribution in [2.45, 2.75) is 10.6 Å². The van der Waals surface area contributed by atoms with E-state index in [-0.39, 0.29) is 21.2 Å². The van der Waals surface area contributed by atoms with Gasteiger partial charge < -0.3 is 5.73 Å². The number of halogens is 3. The lowest BCUT2D eigenvalue weighted by molar-refractivity contribution is 0.587. The Labute approximate surface area is 126 Å². The summed E-state index contributed by atoms with van der Waals surface area (Å²) in [4.78, 5) is -0.0961. The number of hydrogen-bond acceptors (Lipinski definition) is 3. The van der Waals surface area contributed by atoms with E-state index in [4.69, 9.17) is 28.9 Å². The maximum absolute atomic E-state index is 13.7. The highest BCUT2D eigenvalue weighted by Gasteiger charge is 2.22. The summed E-state index contributed by atoms with van der Waals surface area (Å²) in [6.45, 7) is 0. The molecule has 0 unspecified atom stereocenters. The molecule has 0 heterocycles. The van der Waals surface area contributed by atoms with Crippen molar-refractivity contribution >= 4 is 38.7 Å². The summed E-state index contributed by atoms with van der Waals surface area (Å²) in [6.07, 6.45) is 0. The van der Waals surface area contributed by atoms with Crippen LogP contribution in [0.4, 0.5) is 10.1 Å². The Balaban J connectivity index is 2.46. The van der Waals surface area contributed by atoms with Crippen molar-refractivity contribution in [2.24, 2.45) is 0 Å². The molecule has 106 valence electrons. The number of anilines is 1. The molecule has 20 heavy (non-hydrogen) atoms. The summed E-state index contributed by atoms with van der Waals surface area (Å²) in [6, 6.07) is 8.03. The number of nitrogen functional groups attached to an aromatic ring is 1. The van der Waals surface area contributed by atoms with Crippen LogP contribution in [-0.2, 0) is 15.6 Å². The highest BCUT2D eigenvalue weighted by molar-refractivity contribution is 7.90. The van der Waals surface area contributed by atoms with Crippen LogP contribution in [0.5, 0.6) is 0 Å². The molecule has 0 saturated heterocycles. The minimum absolute atomic E-state index is 0.0185. The molecule has 0 aliphatic heterocycles. The van der Waals surface area contributed by atoms with Gasteiger partial charge in [-0.15, -0.1) is 0 Å². The van der Waals surface area contributed by atoms with Gasteiger partial charge in [-0.3, -0.25) is 0 Å². The molecular weight excluding hydrogens is 324 g/mol. The van der Waals surface area contributed by atoms with Gasteiger partial charge in [0.15, 0.2) is 9.84 Å². The monoisotopic (exact) mass is 333 g/mol. The molecule has 2 N–H and O–H groups in total. The first-order valence-corrected chi connectivity index (χ1v) is 7.93. The lowest BCUT2D eigenvalue weighted by Crippen LogP contribution is -2.09. The molecule has 0 amide bonds. The minimum atomic E-state index is -3.81. The molecule has 0 aromatic heterocycles. The normalized spacial score (nSPS) is 11.6. The Kier molecular flexibility index (Phi) is 4.22. The maximum atomic E-state index is 13.7. The van der Waals surface area contributed by atoms with Crippen LogP contribution in [0, 0.1) is 5.82 Å². The number of hydrogen-bond donors (Lipinski definition) is 1. The molecule has 0 atom stereocenters. The quantitative estimate of drug-likeness (QED) is 0.871. The van der Waals surface area contributed by atoms with Gasteiger partial charge >= 0.3 is 0 Å². The van der Waals surface area contributed by atoms with Gasteiger partial charge in [0.25, 0.3) is 0 Å². The van der Waals surface area contributed by atoms with Crippen LogP contribution >= 0.6 is 23.2 Å². The molecule has 7 heteroatoms. The topological polar surface area (TPSA) is 60.2 Å². The van der Waals surface area contributed by atoms with Crippen LogP contribution in [0.1, 0.15) is 5.56 Å². The van der Waals surface area contributed by atoms with E-state index < -0.39 is 21.4 Å². The minimum Gasteiger partial charge on any atom is -0.398 e. The lowest BCUT2D eigenvalue weighted by Gasteiger charge is -2.09. The molecule has 2 aromatic rings. The summed E-state index contributed by atoms with van der Waals surface area (Å²) in [5, 5.41) is 0.381. The van der Waals surface area contributed by atoms with Crippen LogP contribution < -0.4 is 5.73 Å². The summed E-state index contributed by atoms with van der Waals surface area (Å²) < 4.78 is 38.2. The summed E-state index contributed by atoms with van der Waals surface area (Å²) >= 11 is 11.6. The average Bonchev–Trinajstić information content (AvgIpc) is 2.33. The summed E-state index contributed by atoms with van der Waals surface area (Å²) in [5.74, 6) is -1.24. The molecule has 0 aliphatic carbocycles. The van der Waals surface area contributed by atoms with Crippen LogP contribution in [0.15, 0.2) is 41.3 Å². The van der Waals surface area contributed by atoms with Gasteiger partial charge in [-0.05, 0) is 30.3 Å². The lowest BCUT2D eigenvalue weighted by atomic mass is 10.2. The third kappa shape index (κ3) is 3.06.